The first-order valence-electron chi connectivity index (χ1n) is 2.48. The van der Waals surface area contributed by atoms with Crippen molar-refractivity contribution in [3.05, 3.63) is 0 Å². The first-order valence-corrected chi connectivity index (χ1v) is 2.48. The van der Waals surface area contributed by atoms with Crippen LogP contribution in [0, 0.1) is 16.9 Å². The normalized spacial score (nSPS) is 16.1. The van der Waals surface area contributed by atoms with Crippen molar-refractivity contribution in [3.8, 4) is 6.07 Å². The van der Waals surface area contributed by atoms with Crippen LogP contribution in [0.25, 0.3) is 0 Å². The molecule has 0 saturated carbocycles. The van der Waals surface area contributed by atoms with E-state index in [1.165, 1.54) is 0 Å². The highest BCUT2D eigenvalue weighted by Crippen LogP contribution is 2.11. The van der Waals surface area contributed by atoms with Gasteiger partial charge in [0, 0.05) is 0 Å². The molecule has 0 heterocycles. The van der Waals surface area contributed by atoms with Crippen LogP contribution in [0.15, 0.2) is 5.11 Å². The fourth-order valence-corrected chi connectivity index (χ4v) is 0.183. The van der Waals surface area contributed by atoms with Crippen LogP contribution < -0.4 is 0 Å². The summed E-state index contributed by atoms with van der Waals surface area (Å²) in [5.74, 6) is 0. The Morgan fingerprint density at radius 3 is 2.38 bits per heavy atom. The third kappa shape index (κ3) is 1.30. The van der Waals surface area contributed by atoms with E-state index in [9.17, 15) is 0 Å². The molecule has 0 rings (SSSR count). The minimum absolute atomic E-state index is 0.604. The summed E-state index contributed by atoms with van der Waals surface area (Å²) in [6, 6.07) is 1.92. The standard InChI is InChI=1S/C5H9N3/c1-3-5(2,4-6)8-7/h7H,3H2,1-2H3. The van der Waals surface area contributed by atoms with Gasteiger partial charge in [0.1, 0.15) is 0 Å². The van der Waals surface area contributed by atoms with E-state index in [-0.39, 0.29) is 0 Å². The molecule has 0 radical (unpaired) electrons. The van der Waals surface area contributed by atoms with Crippen molar-refractivity contribution in [2.24, 2.45) is 5.11 Å². The topological polar surface area (TPSA) is 60.0 Å². The zero-order valence-corrected chi connectivity index (χ0v) is 5.10. The predicted octanol–water partition coefficient (Wildman–Crippen LogP) is 1.71. The number of hydrogen-bond acceptors (Lipinski definition) is 3. The summed E-state index contributed by atoms with van der Waals surface area (Å²) in [7, 11) is 0. The maximum absolute atomic E-state index is 8.32. The van der Waals surface area contributed by atoms with Crippen LogP contribution in [0.1, 0.15) is 20.3 Å². The molecule has 0 aromatic heterocycles. The third-order valence-electron chi connectivity index (χ3n) is 1.18. The largest absolute Gasteiger partial charge is 0.208 e. The molecule has 0 bridgehead atoms. The highest BCUT2D eigenvalue weighted by atomic mass is 15.0. The molecule has 1 unspecified atom stereocenters. The molecule has 0 aliphatic heterocycles. The van der Waals surface area contributed by atoms with E-state index in [1.807, 2.05) is 13.0 Å². The molecule has 0 spiro atoms. The zero-order valence-electron chi connectivity index (χ0n) is 5.10. The van der Waals surface area contributed by atoms with Gasteiger partial charge in [-0.3, -0.25) is 0 Å². The molecular formula is C5H9N3. The maximum Gasteiger partial charge on any atom is 0.164 e. The average Bonchev–Trinajstić information content (AvgIpc) is 1.87. The summed E-state index contributed by atoms with van der Waals surface area (Å²) in [5.41, 5.74) is 5.78. The van der Waals surface area contributed by atoms with Gasteiger partial charge in [0.15, 0.2) is 5.54 Å². The second-order valence-corrected chi connectivity index (χ2v) is 1.85. The maximum atomic E-state index is 8.32. The van der Waals surface area contributed by atoms with E-state index in [0.29, 0.717) is 6.42 Å². The van der Waals surface area contributed by atoms with Crippen LogP contribution in [-0.4, -0.2) is 5.54 Å². The van der Waals surface area contributed by atoms with Gasteiger partial charge in [-0.15, -0.1) is 0 Å². The van der Waals surface area contributed by atoms with Crippen LogP contribution in [0.4, 0.5) is 0 Å². The van der Waals surface area contributed by atoms with Gasteiger partial charge in [-0.05, 0) is 13.3 Å². The minimum Gasteiger partial charge on any atom is -0.208 e. The highest BCUT2D eigenvalue weighted by molar-refractivity contribution is 5.01. The van der Waals surface area contributed by atoms with Gasteiger partial charge in [-0.25, -0.2) is 5.53 Å². The first-order chi connectivity index (χ1) is 3.68. The van der Waals surface area contributed by atoms with Crippen molar-refractivity contribution in [1.29, 1.82) is 10.8 Å². The lowest BCUT2D eigenvalue weighted by Crippen LogP contribution is -2.15. The molecule has 3 heteroatoms. The number of nitriles is 1. The minimum atomic E-state index is -0.778. The van der Waals surface area contributed by atoms with Crippen molar-refractivity contribution in [2.75, 3.05) is 0 Å². The molecule has 0 aromatic carbocycles. The number of nitrogens with zero attached hydrogens (tertiary/aromatic N) is 2. The Morgan fingerprint density at radius 1 is 1.88 bits per heavy atom. The highest BCUT2D eigenvalue weighted by Gasteiger charge is 2.18. The fourth-order valence-electron chi connectivity index (χ4n) is 0.183. The Labute approximate surface area is 48.8 Å². The Kier molecular flexibility index (Phi) is 2.14. The summed E-state index contributed by atoms with van der Waals surface area (Å²) in [6.07, 6.45) is 0.604. The van der Waals surface area contributed by atoms with Crippen LogP contribution in [0.2, 0.25) is 0 Å². The van der Waals surface area contributed by atoms with Crippen LogP contribution >= 0.6 is 0 Å². The van der Waals surface area contributed by atoms with Gasteiger partial charge in [-0.1, -0.05) is 6.92 Å². The predicted molar refractivity (Wildman–Crippen MR) is 29.5 cm³/mol. The smallest absolute Gasteiger partial charge is 0.164 e. The van der Waals surface area contributed by atoms with Gasteiger partial charge in [0.05, 0.1) is 6.07 Å². The van der Waals surface area contributed by atoms with Crippen LogP contribution in [-0.2, 0) is 0 Å². The molecule has 0 aliphatic carbocycles. The quantitative estimate of drug-likeness (QED) is 0.542. The van der Waals surface area contributed by atoms with Crippen molar-refractivity contribution in [2.45, 2.75) is 25.8 Å². The Balaban J connectivity index is 4.03. The molecule has 8 heavy (non-hydrogen) atoms. The average molecular weight is 111 g/mol. The third-order valence-corrected chi connectivity index (χ3v) is 1.18. The Hall–Kier alpha value is -0.910. The van der Waals surface area contributed by atoms with E-state index < -0.39 is 5.54 Å². The second-order valence-electron chi connectivity index (χ2n) is 1.85. The van der Waals surface area contributed by atoms with Gasteiger partial charge >= 0.3 is 0 Å². The summed E-state index contributed by atoms with van der Waals surface area (Å²) in [5, 5.41) is 11.5. The fraction of sp³-hybridized carbons (Fsp3) is 0.800. The molecule has 0 amide bonds. The van der Waals surface area contributed by atoms with Gasteiger partial charge in [0.2, 0.25) is 0 Å². The molecule has 0 aliphatic rings. The molecular weight excluding hydrogens is 102 g/mol. The summed E-state index contributed by atoms with van der Waals surface area (Å²) in [6.45, 7) is 3.47. The lowest BCUT2D eigenvalue weighted by atomic mass is 10.0. The van der Waals surface area contributed by atoms with Crippen molar-refractivity contribution >= 4 is 0 Å². The van der Waals surface area contributed by atoms with Gasteiger partial charge < -0.3 is 0 Å². The Bertz CT molecular complexity index is 124. The van der Waals surface area contributed by atoms with E-state index >= 15 is 0 Å². The first kappa shape index (κ1) is 7.09. The zero-order chi connectivity index (χ0) is 6.62. The van der Waals surface area contributed by atoms with E-state index in [1.54, 1.807) is 6.92 Å². The molecule has 1 atom stereocenters. The number of nitrogens with one attached hydrogen (secondary N) is 1. The monoisotopic (exact) mass is 111 g/mol. The summed E-state index contributed by atoms with van der Waals surface area (Å²) < 4.78 is 0. The van der Waals surface area contributed by atoms with E-state index in [2.05, 4.69) is 5.11 Å². The second kappa shape index (κ2) is 2.41. The molecule has 0 saturated heterocycles. The molecule has 3 nitrogen and oxygen atoms in total. The summed E-state index contributed by atoms with van der Waals surface area (Å²) >= 11 is 0. The van der Waals surface area contributed by atoms with Crippen molar-refractivity contribution in [3.63, 3.8) is 0 Å². The van der Waals surface area contributed by atoms with Crippen LogP contribution in [0.5, 0.6) is 0 Å². The molecule has 1 N–H and O–H groups in total. The van der Waals surface area contributed by atoms with E-state index in [0.717, 1.165) is 0 Å². The van der Waals surface area contributed by atoms with E-state index in [4.69, 9.17) is 10.8 Å². The van der Waals surface area contributed by atoms with Crippen LogP contribution in [0.3, 0.4) is 0 Å². The number of hydrogen-bond donors (Lipinski definition) is 1. The van der Waals surface area contributed by atoms with Crippen molar-refractivity contribution in [1.82, 2.24) is 0 Å². The van der Waals surface area contributed by atoms with Crippen molar-refractivity contribution < 1.29 is 0 Å². The Morgan fingerprint density at radius 2 is 2.38 bits per heavy atom. The summed E-state index contributed by atoms with van der Waals surface area (Å²) in [4.78, 5) is 0. The number of rotatable bonds is 2. The van der Waals surface area contributed by atoms with Gasteiger partial charge in [-0.2, -0.15) is 10.4 Å². The lowest BCUT2D eigenvalue weighted by molar-refractivity contribution is 0.538. The van der Waals surface area contributed by atoms with Gasteiger partial charge in [0.25, 0.3) is 0 Å². The molecule has 0 aromatic rings. The molecule has 44 valence electrons. The molecule has 0 fully saturated rings. The SMILES string of the molecule is CCC(C)(C#N)N=N. The lowest BCUT2D eigenvalue weighted by Gasteiger charge is -2.08.